The Labute approximate surface area is 137 Å². The molecule has 3 heteroatoms. The van der Waals surface area contributed by atoms with Crippen molar-refractivity contribution in [2.75, 3.05) is 0 Å². The zero-order valence-electron chi connectivity index (χ0n) is 13.1. The monoisotopic (exact) mass is 317 g/mol. The molecule has 4 aliphatic rings. The molecule has 0 unspecified atom stereocenters. The number of benzene rings is 1. The Kier molecular flexibility index (Phi) is 3.48. The van der Waals surface area contributed by atoms with Crippen LogP contribution in [-0.2, 0) is 0 Å². The summed E-state index contributed by atoms with van der Waals surface area (Å²) in [5, 5.41) is 3.90. The largest absolute Gasteiger partial charge is 0.349 e. The van der Waals surface area contributed by atoms with Crippen LogP contribution < -0.4 is 5.32 Å². The van der Waals surface area contributed by atoms with Gasteiger partial charge in [-0.05, 0) is 86.8 Å². The Morgan fingerprint density at radius 2 is 1.77 bits per heavy atom. The maximum absolute atomic E-state index is 12.5. The van der Waals surface area contributed by atoms with Gasteiger partial charge in [-0.1, -0.05) is 17.7 Å². The van der Waals surface area contributed by atoms with Gasteiger partial charge in [0.05, 0.1) is 0 Å². The lowest BCUT2D eigenvalue weighted by Crippen LogP contribution is -2.55. The van der Waals surface area contributed by atoms with E-state index in [1.807, 2.05) is 12.1 Å². The van der Waals surface area contributed by atoms with E-state index in [1.54, 1.807) is 12.1 Å². The number of carbonyl (C=O) groups is 1. The molecule has 1 N–H and O–H groups in total. The van der Waals surface area contributed by atoms with Gasteiger partial charge in [-0.2, -0.15) is 0 Å². The fourth-order valence-electron chi connectivity index (χ4n) is 5.77. The molecule has 1 atom stereocenters. The molecule has 1 aromatic rings. The zero-order chi connectivity index (χ0) is 15.3. The average molecular weight is 318 g/mol. The molecule has 0 heterocycles. The van der Waals surface area contributed by atoms with E-state index in [1.165, 1.54) is 38.5 Å². The predicted molar refractivity (Wildman–Crippen MR) is 89.0 cm³/mol. The Hall–Kier alpha value is -1.02. The number of rotatable bonds is 3. The van der Waals surface area contributed by atoms with Gasteiger partial charge in [0.25, 0.3) is 5.91 Å². The third-order valence-electron chi connectivity index (χ3n) is 6.44. The number of hydrogen-bond acceptors (Lipinski definition) is 1. The van der Waals surface area contributed by atoms with Gasteiger partial charge in [-0.15, -0.1) is 0 Å². The molecule has 4 aliphatic carbocycles. The van der Waals surface area contributed by atoms with Crippen LogP contribution in [0.2, 0.25) is 5.02 Å². The summed E-state index contributed by atoms with van der Waals surface area (Å²) in [4.78, 5) is 12.5. The van der Waals surface area contributed by atoms with E-state index < -0.39 is 0 Å². The number of carbonyl (C=O) groups excluding carboxylic acids is 1. The van der Waals surface area contributed by atoms with Crippen LogP contribution in [0.3, 0.4) is 0 Å². The molecular weight excluding hydrogens is 294 g/mol. The highest BCUT2D eigenvalue weighted by Crippen LogP contribution is 2.61. The van der Waals surface area contributed by atoms with Crippen molar-refractivity contribution in [1.82, 2.24) is 5.32 Å². The summed E-state index contributed by atoms with van der Waals surface area (Å²) >= 11 is 6.00. The molecule has 2 nitrogen and oxygen atoms in total. The third-order valence-corrected chi connectivity index (χ3v) is 6.67. The highest BCUT2D eigenvalue weighted by atomic mass is 35.5. The quantitative estimate of drug-likeness (QED) is 0.862. The number of hydrogen-bond donors (Lipinski definition) is 1. The molecule has 4 fully saturated rings. The molecule has 4 saturated carbocycles. The minimum atomic E-state index is 0.0192. The van der Waals surface area contributed by atoms with Gasteiger partial charge >= 0.3 is 0 Å². The third kappa shape index (κ3) is 2.46. The van der Waals surface area contributed by atoms with Gasteiger partial charge < -0.3 is 5.32 Å². The Bertz CT molecular complexity index is 562. The van der Waals surface area contributed by atoms with Gasteiger partial charge in [-0.3, -0.25) is 4.79 Å². The van der Waals surface area contributed by atoms with Crippen LogP contribution in [0.5, 0.6) is 0 Å². The van der Waals surface area contributed by atoms with Crippen LogP contribution in [0.25, 0.3) is 0 Å². The first kappa shape index (κ1) is 14.6. The van der Waals surface area contributed by atoms with E-state index in [2.05, 4.69) is 12.2 Å². The molecule has 4 bridgehead atoms. The van der Waals surface area contributed by atoms with E-state index in [4.69, 9.17) is 11.6 Å². The zero-order valence-corrected chi connectivity index (χ0v) is 13.9. The second-order valence-electron chi connectivity index (χ2n) is 7.99. The van der Waals surface area contributed by atoms with E-state index in [9.17, 15) is 4.79 Å². The second-order valence-corrected chi connectivity index (χ2v) is 8.42. The molecule has 1 aromatic carbocycles. The second kappa shape index (κ2) is 5.26. The van der Waals surface area contributed by atoms with Gasteiger partial charge in [0.2, 0.25) is 0 Å². The summed E-state index contributed by atoms with van der Waals surface area (Å²) in [6.45, 7) is 2.22. The first-order chi connectivity index (χ1) is 10.5. The molecule has 0 spiro atoms. The summed E-state index contributed by atoms with van der Waals surface area (Å²) < 4.78 is 0. The summed E-state index contributed by atoms with van der Waals surface area (Å²) in [5.74, 6) is 2.76. The first-order valence-corrected chi connectivity index (χ1v) is 8.98. The van der Waals surface area contributed by atoms with Gasteiger partial charge in [0, 0.05) is 16.6 Å². The minimum Gasteiger partial charge on any atom is -0.349 e. The maximum atomic E-state index is 12.5. The van der Waals surface area contributed by atoms with Gasteiger partial charge in [0.15, 0.2) is 0 Å². The van der Waals surface area contributed by atoms with Crippen molar-refractivity contribution in [3.63, 3.8) is 0 Å². The predicted octanol–water partition coefficient (Wildman–Crippen LogP) is 4.67. The number of halogens is 1. The first-order valence-electron chi connectivity index (χ1n) is 8.60. The van der Waals surface area contributed by atoms with Crippen molar-refractivity contribution >= 4 is 17.5 Å². The fraction of sp³-hybridized carbons (Fsp3) is 0.632. The molecule has 118 valence electrons. The van der Waals surface area contributed by atoms with Crippen molar-refractivity contribution in [2.24, 2.45) is 23.2 Å². The van der Waals surface area contributed by atoms with E-state index in [-0.39, 0.29) is 11.9 Å². The standard InChI is InChI=1S/C19H24ClNO/c1-12(21-18(22)16-3-2-4-17(20)8-16)19-9-13-5-14(10-19)7-15(6-13)11-19/h2-4,8,12-15H,5-7,9-11H2,1H3,(H,21,22)/t12-,13?,14?,15?,19?/m0/s1. The summed E-state index contributed by atoms with van der Waals surface area (Å²) in [7, 11) is 0. The van der Waals surface area contributed by atoms with Crippen molar-refractivity contribution < 1.29 is 4.79 Å². The highest BCUT2D eigenvalue weighted by Gasteiger charge is 2.53. The molecule has 5 rings (SSSR count). The van der Waals surface area contributed by atoms with Crippen molar-refractivity contribution in [1.29, 1.82) is 0 Å². The summed E-state index contributed by atoms with van der Waals surface area (Å²) in [6, 6.07) is 7.50. The molecule has 0 aliphatic heterocycles. The van der Waals surface area contributed by atoms with E-state index in [0.717, 1.165) is 17.8 Å². The summed E-state index contributed by atoms with van der Waals surface area (Å²) in [6.07, 6.45) is 8.26. The molecule has 0 saturated heterocycles. The van der Waals surface area contributed by atoms with E-state index >= 15 is 0 Å². The molecule has 0 radical (unpaired) electrons. The fourth-order valence-corrected chi connectivity index (χ4v) is 5.96. The lowest BCUT2D eigenvalue weighted by atomic mass is 9.48. The number of amides is 1. The van der Waals surface area contributed by atoms with Crippen LogP contribution in [-0.4, -0.2) is 11.9 Å². The minimum absolute atomic E-state index is 0.0192. The summed E-state index contributed by atoms with van der Waals surface area (Å²) in [5.41, 5.74) is 1.02. The van der Waals surface area contributed by atoms with Crippen LogP contribution in [0, 0.1) is 23.2 Å². The lowest BCUT2D eigenvalue weighted by Gasteiger charge is -2.59. The maximum Gasteiger partial charge on any atom is 0.251 e. The highest BCUT2D eigenvalue weighted by molar-refractivity contribution is 6.30. The smallest absolute Gasteiger partial charge is 0.251 e. The van der Waals surface area contributed by atoms with Crippen LogP contribution in [0.15, 0.2) is 24.3 Å². The molecule has 1 amide bonds. The molecule has 22 heavy (non-hydrogen) atoms. The lowest BCUT2D eigenvalue weighted by molar-refractivity contribution is -0.0688. The SMILES string of the molecule is C[C@H](NC(=O)c1cccc(Cl)c1)C12CC3CC(CC(C3)C1)C2. The van der Waals surface area contributed by atoms with Gasteiger partial charge in [-0.25, -0.2) is 0 Å². The number of nitrogens with one attached hydrogen (secondary N) is 1. The Balaban J connectivity index is 1.50. The van der Waals surface area contributed by atoms with Crippen molar-refractivity contribution in [3.8, 4) is 0 Å². The van der Waals surface area contributed by atoms with Gasteiger partial charge in [0.1, 0.15) is 0 Å². The van der Waals surface area contributed by atoms with Crippen LogP contribution in [0.4, 0.5) is 0 Å². The van der Waals surface area contributed by atoms with E-state index in [0.29, 0.717) is 16.0 Å². The molecule has 0 aromatic heterocycles. The van der Waals surface area contributed by atoms with Crippen molar-refractivity contribution in [2.45, 2.75) is 51.5 Å². The normalized spacial score (nSPS) is 37.1. The van der Waals surface area contributed by atoms with Crippen LogP contribution in [0.1, 0.15) is 55.8 Å². The molecular formula is C19H24ClNO. The Morgan fingerprint density at radius 1 is 1.18 bits per heavy atom. The topological polar surface area (TPSA) is 29.1 Å². The van der Waals surface area contributed by atoms with Crippen LogP contribution >= 0.6 is 11.6 Å². The Morgan fingerprint density at radius 3 is 2.32 bits per heavy atom. The average Bonchev–Trinajstić information content (AvgIpc) is 2.45. The van der Waals surface area contributed by atoms with Crippen molar-refractivity contribution in [3.05, 3.63) is 34.9 Å².